The van der Waals surface area contributed by atoms with Gasteiger partial charge in [-0.1, -0.05) is 0 Å². The number of hydrogen-bond acceptors (Lipinski definition) is 6. The van der Waals surface area contributed by atoms with Crippen molar-refractivity contribution < 1.29 is 4.74 Å². The second kappa shape index (κ2) is 6.27. The van der Waals surface area contributed by atoms with Gasteiger partial charge in [-0.2, -0.15) is 5.26 Å². The minimum atomic E-state index is 0.384. The lowest BCUT2D eigenvalue weighted by Crippen LogP contribution is -2.03. The molecule has 0 aliphatic heterocycles. The first-order valence-electron chi connectivity index (χ1n) is 5.90. The van der Waals surface area contributed by atoms with Gasteiger partial charge in [-0.25, -0.2) is 9.97 Å². The molecule has 0 saturated carbocycles. The Bertz CT molecular complexity index is 603. The van der Waals surface area contributed by atoms with E-state index in [1.54, 1.807) is 6.07 Å². The maximum Gasteiger partial charge on any atom is 0.157 e. The largest absolute Gasteiger partial charge is 0.374 e. The first-order chi connectivity index (χ1) is 9.26. The molecular weight excluding hydrogens is 260 g/mol. The summed E-state index contributed by atoms with van der Waals surface area (Å²) in [6.45, 7) is 2.94. The van der Waals surface area contributed by atoms with Crippen molar-refractivity contribution in [3.8, 4) is 16.6 Å². The van der Waals surface area contributed by atoms with Gasteiger partial charge in [-0.15, -0.1) is 11.3 Å². The van der Waals surface area contributed by atoms with Crippen LogP contribution in [-0.2, 0) is 11.3 Å². The number of nitrogens with one attached hydrogen (secondary N) is 1. The maximum atomic E-state index is 8.86. The molecule has 2 aromatic rings. The normalized spacial score (nSPS) is 10.2. The Hall–Kier alpha value is -1.97. The lowest BCUT2D eigenvalue weighted by Gasteiger charge is -2.06. The lowest BCUT2D eigenvalue weighted by molar-refractivity contribution is 0.128. The minimum absolute atomic E-state index is 0.384. The fourth-order valence-electron chi connectivity index (χ4n) is 1.54. The molecule has 2 rings (SSSR count). The Labute approximate surface area is 115 Å². The second-order valence-corrected chi connectivity index (χ2v) is 4.80. The van der Waals surface area contributed by atoms with Gasteiger partial charge < -0.3 is 10.1 Å². The number of thiophene rings is 1. The number of aromatic nitrogens is 2. The molecule has 5 nitrogen and oxygen atoms in total. The molecule has 0 saturated heterocycles. The first kappa shape index (κ1) is 13.5. The van der Waals surface area contributed by atoms with Gasteiger partial charge in [-0.05, 0) is 19.1 Å². The molecule has 98 valence electrons. The first-order valence-corrected chi connectivity index (χ1v) is 6.72. The fraction of sp³-hybridized carbons (Fsp3) is 0.308. The minimum Gasteiger partial charge on any atom is -0.374 e. The lowest BCUT2D eigenvalue weighted by atomic mass is 10.3. The van der Waals surface area contributed by atoms with E-state index in [9.17, 15) is 0 Å². The van der Waals surface area contributed by atoms with Gasteiger partial charge in [0.05, 0.1) is 10.6 Å². The Kier molecular flexibility index (Phi) is 4.44. The molecule has 0 unspecified atom stereocenters. The molecule has 0 spiro atoms. The molecule has 0 fully saturated rings. The molecule has 0 atom stereocenters. The van der Waals surface area contributed by atoms with E-state index < -0.39 is 0 Å². The SMILES string of the molecule is CCOCc1nc(NC)cc(-c2ccc(C#N)s2)n1. The highest BCUT2D eigenvalue weighted by Crippen LogP contribution is 2.27. The molecule has 2 heterocycles. The van der Waals surface area contributed by atoms with E-state index in [1.807, 2.05) is 26.1 Å². The van der Waals surface area contributed by atoms with Crippen LogP contribution in [0.2, 0.25) is 0 Å². The van der Waals surface area contributed by atoms with Crippen molar-refractivity contribution in [3.63, 3.8) is 0 Å². The molecule has 0 radical (unpaired) electrons. The molecule has 0 aliphatic carbocycles. The van der Waals surface area contributed by atoms with Crippen LogP contribution in [0.1, 0.15) is 17.6 Å². The monoisotopic (exact) mass is 274 g/mol. The van der Waals surface area contributed by atoms with Crippen molar-refractivity contribution in [1.29, 1.82) is 5.26 Å². The zero-order valence-corrected chi connectivity index (χ0v) is 11.6. The van der Waals surface area contributed by atoms with E-state index in [4.69, 9.17) is 10.00 Å². The molecule has 0 amide bonds. The maximum absolute atomic E-state index is 8.86. The highest BCUT2D eigenvalue weighted by atomic mass is 32.1. The average Bonchev–Trinajstić information content (AvgIpc) is 2.93. The predicted octanol–water partition coefficient (Wildman–Crippen LogP) is 2.65. The van der Waals surface area contributed by atoms with Crippen LogP contribution < -0.4 is 5.32 Å². The fourth-order valence-corrected chi connectivity index (χ4v) is 2.31. The summed E-state index contributed by atoms with van der Waals surface area (Å²) in [5.74, 6) is 1.38. The molecule has 2 aromatic heterocycles. The van der Waals surface area contributed by atoms with Gasteiger partial charge in [0, 0.05) is 19.7 Å². The third kappa shape index (κ3) is 3.28. The summed E-state index contributed by atoms with van der Waals surface area (Å²) in [5, 5.41) is 11.9. The number of hydrogen-bond donors (Lipinski definition) is 1. The summed E-state index contributed by atoms with van der Waals surface area (Å²) < 4.78 is 5.33. The number of ether oxygens (including phenoxy) is 1. The summed E-state index contributed by atoms with van der Waals surface area (Å²) in [7, 11) is 1.81. The Balaban J connectivity index is 2.36. The van der Waals surface area contributed by atoms with Crippen LogP contribution in [0.5, 0.6) is 0 Å². The summed E-state index contributed by atoms with van der Waals surface area (Å²) in [6.07, 6.45) is 0. The Morgan fingerprint density at radius 2 is 2.26 bits per heavy atom. The molecular formula is C13H14N4OS. The second-order valence-electron chi connectivity index (χ2n) is 3.72. The molecule has 0 bridgehead atoms. The van der Waals surface area contributed by atoms with Crippen LogP contribution in [-0.4, -0.2) is 23.6 Å². The van der Waals surface area contributed by atoms with Crippen LogP contribution in [0.15, 0.2) is 18.2 Å². The van der Waals surface area contributed by atoms with Crippen LogP contribution in [0.4, 0.5) is 5.82 Å². The Morgan fingerprint density at radius 3 is 2.89 bits per heavy atom. The number of nitrogens with zero attached hydrogens (tertiary/aromatic N) is 3. The van der Waals surface area contributed by atoms with E-state index in [1.165, 1.54) is 11.3 Å². The van der Waals surface area contributed by atoms with Gasteiger partial charge >= 0.3 is 0 Å². The van der Waals surface area contributed by atoms with Crippen molar-refractivity contribution in [2.24, 2.45) is 0 Å². The Morgan fingerprint density at radius 1 is 1.42 bits per heavy atom. The number of anilines is 1. The van der Waals surface area contributed by atoms with Gasteiger partial charge in [0.25, 0.3) is 0 Å². The summed E-state index contributed by atoms with van der Waals surface area (Å²) in [4.78, 5) is 10.4. The molecule has 0 aromatic carbocycles. The van der Waals surface area contributed by atoms with Crippen LogP contribution in [0.25, 0.3) is 10.6 Å². The quantitative estimate of drug-likeness (QED) is 0.907. The predicted molar refractivity (Wildman–Crippen MR) is 74.9 cm³/mol. The van der Waals surface area contributed by atoms with Gasteiger partial charge in [-0.3, -0.25) is 0 Å². The summed E-state index contributed by atoms with van der Waals surface area (Å²) >= 11 is 1.42. The van der Waals surface area contributed by atoms with Crippen molar-refractivity contribution in [2.45, 2.75) is 13.5 Å². The van der Waals surface area contributed by atoms with Gasteiger partial charge in [0.15, 0.2) is 5.82 Å². The number of rotatable bonds is 5. The van der Waals surface area contributed by atoms with Crippen molar-refractivity contribution >= 4 is 17.2 Å². The van der Waals surface area contributed by atoms with E-state index in [-0.39, 0.29) is 0 Å². The summed E-state index contributed by atoms with van der Waals surface area (Å²) in [5.41, 5.74) is 0.806. The van der Waals surface area contributed by atoms with E-state index >= 15 is 0 Å². The molecule has 1 N–H and O–H groups in total. The highest BCUT2D eigenvalue weighted by Gasteiger charge is 2.08. The molecule has 0 aliphatic rings. The van der Waals surface area contributed by atoms with Crippen molar-refractivity contribution in [3.05, 3.63) is 28.9 Å². The molecule has 19 heavy (non-hydrogen) atoms. The van der Waals surface area contributed by atoms with Crippen LogP contribution in [0, 0.1) is 11.3 Å². The third-order valence-electron chi connectivity index (χ3n) is 2.43. The zero-order valence-electron chi connectivity index (χ0n) is 10.8. The third-order valence-corrected chi connectivity index (χ3v) is 3.44. The van der Waals surface area contributed by atoms with Crippen molar-refractivity contribution in [2.75, 3.05) is 19.0 Å². The van der Waals surface area contributed by atoms with Crippen molar-refractivity contribution in [1.82, 2.24) is 9.97 Å². The van der Waals surface area contributed by atoms with Crippen LogP contribution >= 0.6 is 11.3 Å². The van der Waals surface area contributed by atoms with E-state index in [0.717, 1.165) is 16.4 Å². The molecule has 6 heteroatoms. The average molecular weight is 274 g/mol. The van der Waals surface area contributed by atoms with Gasteiger partial charge in [0.2, 0.25) is 0 Å². The topological polar surface area (TPSA) is 70.8 Å². The smallest absolute Gasteiger partial charge is 0.157 e. The van der Waals surface area contributed by atoms with Gasteiger partial charge in [0.1, 0.15) is 23.4 Å². The number of nitriles is 1. The van der Waals surface area contributed by atoms with E-state index in [2.05, 4.69) is 21.4 Å². The van der Waals surface area contributed by atoms with Crippen LogP contribution in [0.3, 0.4) is 0 Å². The summed E-state index contributed by atoms with van der Waals surface area (Å²) in [6, 6.07) is 7.69. The highest BCUT2D eigenvalue weighted by molar-refractivity contribution is 7.15. The standard InChI is InChI=1S/C13H14N4OS/c1-3-18-8-13-16-10(6-12(15-2)17-13)11-5-4-9(7-14)19-11/h4-6H,3,8H2,1-2H3,(H,15,16,17). The zero-order chi connectivity index (χ0) is 13.7. The van der Waals surface area contributed by atoms with E-state index in [0.29, 0.717) is 23.9 Å².